The average molecular weight is 339 g/mol. The number of carbonyl (C=O) groups excluding carboxylic acids is 2. The van der Waals surface area contributed by atoms with Crippen LogP contribution in [0, 0.1) is 18.3 Å². The number of aromatic nitrogens is 1. The third kappa shape index (κ3) is 2.29. The zero-order valence-corrected chi connectivity index (χ0v) is 14.8. The molecule has 0 radical (unpaired) electrons. The van der Waals surface area contributed by atoms with Gasteiger partial charge >= 0.3 is 0 Å². The fraction of sp³-hybridized carbons (Fsp3) is 0.278. The molecule has 24 heavy (non-hydrogen) atoms. The first-order chi connectivity index (χ1) is 11.4. The number of carbonyl (C=O) groups is 2. The largest absolute Gasteiger partial charge is 0.347 e. The normalized spacial score (nSPS) is 17.3. The summed E-state index contributed by atoms with van der Waals surface area (Å²) in [7, 11) is 2.00. The molecule has 3 heterocycles. The summed E-state index contributed by atoms with van der Waals surface area (Å²) >= 11 is 1.59. The summed E-state index contributed by atoms with van der Waals surface area (Å²) < 4.78 is 3.25. The summed E-state index contributed by atoms with van der Waals surface area (Å²) in [4.78, 5) is 26.8. The Kier molecular flexibility index (Phi) is 3.90. The van der Waals surface area contributed by atoms with Gasteiger partial charge in [-0.25, -0.2) is 0 Å². The summed E-state index contributed by atoms with van der Waals surface area (Å²) in [5.74, 6) is -0.848. The molecule has 1 aliphatic heterocycles. The summed E-state index contributed by atoms with van der Waals surface area (Å²) in [6.07, 6.45) is 1.78. The lowest BCUT2D eigenvalue weighted by Crippen LogP contribution is -2.42. The molecule has 0 N–H and O–H groups in total. The third-order valence-corrected chi connectivity index (χ3v) is 5.44. The topological polar surface area (TPSA) is 66.1 Å². The maximum Gasteiger partial charge on any atom is 0.271 e. The molecule has 0 fully saturated rings. The Bertz CT molecular complexity index is 982. The van der Waals surface area contributed by atoms with E-state index in [-0.39, 0.29) is 18.0 Å². The number of fused-ring (bicyclic) bond motifs is 1. The monoisotopic (exact) mass is 339 g/mol. The van der Waals surface area contributed by atoms with Crippen molar-refractivity contribution >= 4 is 39.4 Å². The Morgan fingerprint density at radius 2 is 1.96 bits per heavy atom. The number of hydrogen-bond donors (Lipinski definition) is 0. The van der Waals surface area contributed by atoms with Gasteiger partial charge in [-0.2, -0.15) is 5.26 Å². The van der Waals surface area contributed by atoms with Crippen LogP contribution in [-0.4, -0.2) is 27.8 Å². The van der Waals surface area contributed by atoms with E-state index in [0.717, 1.165) is 20.0 Å². The summed E-state index contributed by atoms with van der Waals surface area (Å²) in [5, 5.41) is 9.27. The number of nitriles is 1. The van der Waals surface area contributed by atoms with E-state index in [4.69, 9.17) is 0 Å². The van der Waals surface area contributed by atoms with E-state index < -0.39 is 5.91 Å². The molecular formula is C18H17N3O2S. The first-order valence-corrected chi connectivity index (χ1v) is 8.45. The van der Waals surface area contributed by atoms with Crippen molar-refractivity contribution in [3.05, 3.63) is 39.4 Å². The second-order valence-corrected chi connectivity index (χ2v) is 6.88. The molecule has 0 saturated heterocycles. The average Bonchev–Trinajstić information content (AvgIpc) is 3.04. The second kappa shape index (κ2) is 5.77. The maximum atomic E-state index is 12.6. The van der Waals surface area contributed by atoms with Gasteiger partial charge in [-0.15, -0.1) is 11.3 Å². The Morgan fingerprint density at radius 3 is 2.54 bits per heavy atom. The van der Waals surface area contributed by atoms with E-state index in [2.05, 4.69) is 10.6 Å². The minimum atomic E-state index is -0.508. The number of thiophene rings is 1. The third-order valence-electron chi connectivity index (χ3n) is 4.42. The van der Waals surface area contributed by atoms with Crippen LogP contribution in [0.15, 0.2) is 28.9 Å². The molecule has 0 bridgehead atoms. The first-order valence-electron chi connectivity index (χ1n) is 7.64. The molecule has 0 atom stereocenters. The molecule has 0 spiro atoms. The van der Waals surface area contributed by atoms with Gasteiger partial charge in [0.25, 0.3) is 11.8 Å². The molecule has 6 heteroatoms. The van der Waals surface area contributed by atoms with Crippen molar-refractivity contribution in [2.24, 2.45) is 7.05 Å². The van der Waals surface area contributed by atoms with Crippen LogP contribution in [0.3, 0.4) is 0 Å². The van der Waals surface area contributed by atoms with Gasteiger partial charge in [-0.05, 0) is 44.6 Å². The van der Waals surface area contributed by atoms with Crippen LogP contribution >= 0.6 is 11.3 Å². The van der Waals surface area contributed by atoms with E-state index in [1.807, 2.05) is 26.1 Å². The molecule has 122 valence electrons. The number of nitrogens with zero attached hydrogens (tertiary/aromatic N) is 3. The number of amides is 2. The Hall–Kier alpha value is -2.65. The minimum Gasteiger partial charge on any atom is -0.347 e. The van der Waals surface area contributed by atoms with Crippen LogP contribution in [0.2, 0.25) is 0 Å². The summed E-state index contributed by atoms with van der Waals surface area (Å²) in [6, 6.07) is 6.07. The molecule has 0 saturated carbocycles. The molecule has 2 aromatic rings. The van der Waals surface area contributed by atoms with Crippen molar-refractivity contribution < 1.29 is 9.59 Å². The fourth-order valence-corrected chi connectivity index (χ4v) is 4.02. The second-order valence-electron chi connectivity index (χ2n) is 5.77. The lowest BCUT2D eigenvalue weighted by molar-refractivity contribution is -0.140. The van der Waals surface area contributed by atoms with Gasteiger partial charge in [0.2, 0.25) is 0 Å². The smallest absolute Gasteiger partial charge is 0.271 e. The van der Waals surface area contributed by atoms with Crippen LogP contribution in [0.25, 0.3) is 16.3 Å². The molecule has 5 nitrogen and oxygen atoms in total. The Balaban J connectivity index is 2.15. The molecular weight excluding hydrogens is 322 g/mol. The number of rotatable bonds is 2. The first kappa shape index (κ1) is 16.2. The highest BCUT2D eigenvalue weighted by molar-refractivity contribution is 7.19. The van der Waals surface area contributed by atoms with Crippen molar-refractivity contribution in [3.8, 4) is 6.07 Å². The van der Waals surface area contributed by atoms with Gasteiger partial charge in [0.1, 0.15) is 11.6 Å². The highest BCUT2D eigenvalue weighted by atomic mass is 32.1. The standard InChI is InChI=1S/C18H17N3O2S/c1-5-21-17(22)13(11(3)14(9-19)18(21)23)7-12-8-15-16(24-12)6-10(2)20(15)4/h6-8H,5H2,1-4H3/b13-7-. The molecule has 0 aliphatic carbocycles. The number of imide groups is 1. The minimum absolute atomic E-state index is 0.0413. The van der Waals surface area contributed by atoms with E-state index in [0.29, 0.717) is 11.1 Å². The number of hydrogen-bond acceptors (Lipinski definition) is 4. The van der Waals surface area contributed by atoms with E-state index in [9.17, 15) is 14.9 Å². The van der Waals surface area contributed by atoms with Gasteiger partial charge in [-0.1, -0.05) is 0 Å². The van der Waals surface area contributed by atoms with Crippen LogP contribution in [0.5, 0.6) is 0 Å². The van der Waals surface area contributed by atoms with E-state index in [1.54, 1.807) is 31.3 Å². The van der Waals surface area contributed by atoms with Gasteiger partial charge in [-0.3, -0.25) is 14.5 Å². The molecule has 3 rings (SSSR count). The summed E-state index contributed by atoms with van der Waals surface area (Å²) in [5.41, 5.74) is 3.19. The predicted molar refractivity (Wildman–Crippen MR) is 94.2 cm³/mol. The highest BCUT2D eigenvalue weighted by Gasteiger charge is 2.34. The zero-order chi connectivity index (χ0) is 17.6. The molecule has 0 aromatic carbocycles. The maximum absolute atomic E-state index is 12.6. The predicted octanol–water partition coefficient (Wildman–Crippen LogP) is 3.16. The van der Waals surface area contributed by atoms with Crippen LogP contribution < -0.4 is 0 Å². The van der Waals surface area contributed by atoms with E-state index >= 15 is 0 Å². The number of aryl methyl sites for hydroxylation is 2. The Morgan fingerprint density at radius 1 is 1.25 bits per heavy atom. The highest BCUT2D eigenvalue weighted by Crippen LogP contribution is 2.32. The van der Waals surface area contributed by atoms with Crippen LogP contribution in [-0.2, 0) is 16.6 Å². The van der Waals surface area contributed by atoms with Gasteiger partial charge < -0.3 is 4.57 Å². The van der Waals surface area contributed by atoms with Crippen LogP contribution in [0.4, 0.5) is 0 Å². The molecule has 1 aliphatic rings. The van der Waals surface area contributed by atoms with Gasteiger partial charge in [0.05, 0.1) is 10.2 Å². The molecule has 2 amide bonds. The quantitative estimate of drug-likeness (QED) is 0.623. The fourth-order valence-electron chi connectivity index (χ4n) is 2.89. The van der Waals surface area contributed by atoms with Crippen LogP contribution in [0.1, 0.15) is 24.4 Å². The zero-order valence-electron chi connectivity index (χ0n) is 14.0. The molecule has 2 aromatic heterocycles. The van der Waals surface area contributed by atoms with Crippen molar-refractivity contribution in [2.45, 2.75) is 20.8 Å². The van der Waals surface area contributed by atoms with Crippen molar-refractivity contribution in [2.75, 3.05) is 6.54 Å². The lowest BCUT2D eigenvalue weighted by atomic mass is 9.95. The summed E-state index contributed by atoms with van der Waals surface area (Å²) in [6.45, 7) is 5.68. The lowest BCUT2D eigenvalue weighted by Gasteiger charge is -2.26. The molecule has 0 unspecified atom stereocenters. The SMILES string of the molecule is CCN1C(=O)C(C#N)=C(C)/C(=C/c2cc3c(cc(C)n3C)s2)C1=O. The number of likely N-dealkylation sites (N-methyl/N-ethyl adjacent to an activating group) is 1. The van der Waals surface area contributed by atoms with Gasteiger partial charge in [0.15, 0.2) is 0 Å². The van der Waals surface area contributed by atoms with Gasteiger partial charge in [0, 0.05) is 29.7 Å². The van der Waals surface area contributed by atoms with E-state index in [1.165, 1.54) is 5.69 Å². The van der Waals surface area contributed by atoms with Crippen molar-refractivity contribution in [1.82, 2.24) is 9.47 Å². The van der Waals surface area contributed by atoms with Crippen molar-refractivity contribution in [3.63, 3.8) is 0 Å². The Labute approximate surface area is 144 Å². The van der Waals surface area contributed by atoms with Crippen molar-refractivity contribution in [1.29, 1.82) is 5.26 Å².